The van der Waals surface area contributed by atoms with Crippen LogP contribution in [0.15, 0.2) is 30.4 Å². The molecule has 0 saturated heterocycles. The van der Waals surface area contributed by atoms with Crippen molar-refractivity contribution in [3.8, 4) is 0 Å². The molecule has 1 nitrogen and oxygen atoms in total. The summed E-state index contributed by atoms with van der Waals surface area (Å²) < 4.78 is 0. The van der Waals surface area contributed by atoms with E-state index < -0.39 is 0 Å². The van der Waals surface area contributed by atoms with Gasteiger partial charge in [-0.25, -0.2) is 0 Å². The second-order valence-corrected chi connectivity index (χ2v) is 4.29. The Morgan fingerprint density at radius 2 is 1.93 bits per heavy atom. The number of halogens is 2. The predicted octanol–water partition coefficient (Wildman–Crippen LogP) is 4.22. The standard InChI is InChI=1S/C12H15Cl2N/c1-4-15-12(8(2)3)11-9(13)6-5-7-10(11)14/h5-7,12,15H,2,4H2,1,3H3. The number of rotatable bonds is 4. The Balaban J connectivity index is 3.15. The predicted molar refractivity (Wildman–Crippen MR) is 67.7 cm³/mol. The van der Waals surface area contributed by atoms with Gasteiger partial charge in [-0.3, -0.25) is 0 Å². The van der Waals surface area contributed by atoms with Crippen LogP contribution in [0.3, 0.4) is 0 Å². The lowest BCUT2D eigenvalue weighted by atomic mass is 10.0. The minimum absolute atomic E-state index is 0.0243. The van der Waals surface area contributed by atoms with Gasteiger partial charge in [0.1, 0.15) is 0 Å². The van der Waals surface area contributed by atoms with Crippen molar-refractivity contribution in [2.75, 3.05) is 6.54 Å². The molecule has 1 N–H and O–H groups in total. The van der Waals surface area contributed by atoms with E-state index in [9.17, 15) is 0 Å². The van der Waals surface area contributed by atoms with E-state index >= 15 is 0 Å². The van der Waals surface area contributed by atoms with Gasteiger partial charge in [0, 0.05) is 15.6 Å². The highest BCUT2D eigenvalue weighted by molar-refractivity contribution is 6.36. The van der Waals surface area contributed by atoms with Gasteiger partial charge in [-0.2, -0.15) is 0 Å². The lowest BCUT2D eigenvalue weighted by Crippen LogP contribution is -2.22. The number of hydrogen-bond donors (Lipinski definition) is 1. The summed E-state index contributed by atoms with van der Waals surface area (Å²) in [6.07, 6.45) is 0. The maximum atomic E-state index is 6.14. The van der Waals surface area contributed by atoms with E-state index in [-0.39, 0.29) is 6.04 Å². The summed E-state index contributed by atoms with van der Waals surface area (Å²) in [5.41, 5.74) is 1.92. The van der Waals surface area contributed by atoms with Gasteiger partial charge in [0.25, 0.3) is 0 Å². The third-order valence-electron chi connectivity index (χ3n) is 2.19. The van der Waals surface area contributed by atoms with Crippen molar-refractivity contribution in [3.63, 3.8) is 0 Å². The first-order valence-electron chi connectivity index (χ1n) is 4.90. The largest absolute Gasteiger partial charge is 0.307 e. The molecule has 0 aliphatic carbocycles. The van der Waals surface area contributed by atoms with Crippen LogP contribution in [0.25, 0.3) is 0 Å². The van der Waals surface area contributed by atoms with Gasteiger partial charge >= 0.3 is 0 Å². The molecule has 0 fully saturated rings. The summed E-state index contributed by atoms with van der Waals surface area (Å²) in [6.45, 7) is 8.81. The summed E-state index contributed by atoms with van der Waals surface area (Å²) in [5, 5.41) is 4.67. The Kier molecular flexibility index (Phi) is 4.65. The van der Waals surface area contributed by atoms with E-state index in [1.54, 1.807) is 0 Å². The lowest BCUT2D eigenvalue weighted by Gasteiger charge is -2.20. The number of benzene rings is 1. The van der Waals surface area contributed by atoms with Gasteiger partial charge < -0.3 is 5.32 Å². The number of nitrogens with one attached hydrogen (secondary N) is 1. The van der Waals surface area contributed by atoms with Crippen LogP contribution in [0.2, 0.25) is 10.0 Å². The zero-order chi connectivity index (χ0) is 11.4. The molecule has 0 bridgehead atoms. The molecule has 3 heteroatoms. The van der Waals surface area contributed by atoms with E-state index in [1.165, 1.54) is 0 Å². The van der Waals surface area contributed by atoms with E-state index in [1.807, 2.05) is 32.0 Å². The highest BCUT2D eigenvalue weighted by Crippen LogP contribution is 2.33. The molecule has 1 atom stereocenters. The fourth-order valence-corrected chi connectivity index (χ4v) is 2.13. The molecule has 15 heavy (non-hydrogen) atoms. The topological polar surface area (TPSA) is 12.0 Å². The highest BCUT2D eigenvalue weighted by atomic mass is 35.5. The normalized spacial score (nSPS) is 12.5. The Bertz CT molecular complexity index is 340. The minimum atomic E-state index is 0.0243. The molecule has 1 rings (SSSR count). The first-order valence-corrected chi connectivity index (χ1v) is 5.66. The first kappa shape index (κ1) is 12.6. The second kappa shape index (κ2) is 5.55. The summed E-state index contributed by atoms with van der Waals surface area (Å²) in [7, 11) is 0. The van der Waals surface area contributed by atoms with Crippen molar-refractivity contribution in [1.82, 2.24) is 5.32 Å². The summed E-state index contributed by atoms with van der Waals surface area (Å²) >= 11 is 12.3. The summed E-state index contributed by atoms with van der Waals surface area (Å²) in [6, 6.07) is 5.55. The number of likely N-dealkylation sites (N-methyl/N-ethyl adjacent to an activating group) is 1. The molecule has 0 amide bonds. The molecule has 1 aromatic carbocycles. The van der Waals surface area contributed by atoms with E-state index in [2.05, 4.69) is 11.9 Å². The third-order valence-corrected chi connectivity index (χ3v) is 2.85. The second-order valence-electron chi connectivity index (χ2n) is 3.47. The third kappa shape index (κ3) is 2.97. The highest BCUT2D eigenvalue weighted by Gasteiger charge is 2.17. The van der Waals surface area contributed by atoms with E-state index in [0.29, 0.717) is 10.0 Å². The average Bonchev–Trinajstić information content (AvgIpc) is 2.15. The fraction of sp³-hybridized carbons (Fsp3) is 0.333. The maximum Gasteiger partial charge on any atom is 0.0560 e. The molecule has 0 aliphatic rings. The molecular formula is C12H15Cl2N. The molecule has 1 unspecified atom stereocenters. The zero-order valence-electron chi connectivity index (χ0n) is 8.98. The van der Waals surface area contributed by atoms with Gasteiger partial charge in [0.2, 0.25) is 0 Å². The van der Waals surface area contributed by atoms with Crippen LogP contribution in [-0.2, 0) is 0 Å². The molecule has 0 heterocycles. The van der Waals surface area contributed by atoms with Gasteiger partial charge in [-0.15, -0.1) is 0 Å². The molecule has 0 spiro atoms. The lowest BCUT2D eigenvalue weighted by molar-refractivity contribution is 0.622. The van der Waals surface area contributed by atoms with Crippen LogP contribution in [0.4, 0.5) is 0 Å². The molecular weight excluding hydrogens is 229 g/mol. The molecule has 0 aliphatic heterocycles. The van der Waals surface area contributed by atoms with Gasteiger partial charge in [-0.05, 0) is 25.6 Å². The summed E-state index contributed by atoms with van der Waals surface area (Å²) in [5.74, 6) is 0. The van der Waals surface area contributed by atoms with E-state index in [0.717, 1.165) is 17.7 Å². The Labute approximate surface area is 101 Å². The van der Waals surface area contributed by atoms with Crippen LogP contribution < -0.4 is 5.32 Å². The van der Waals surface area contributed by atoms with Gasteiger partial charge in [0.05, 0.1) is 6.04 Å². The SMILES string of the molecule is C=C(C)C(NCC)c1c(Cl)cccc1Cl. The van der Waals surface area contributed by atoms with Crippen LogP contribution in [0, 0.1) is 0 Å². The molecule has 0 radical (unpaired) electrons. The Morgan fingerprint density at radius 3 is 2.33 bits per heavy atom. The van der Waals surface area contributed by atoms with Gasteiger partial charge in [-0.1, -0.05) is 48.3 Å². The van der Waals surface area contributed by atoms with Crippen molar-refractivity contribution in [1.29, 1.82) is 0 Å². The smallest absolute Gasteiger partial charge is 0.0560 e. The molecule has 0 aromatic heterocycles. The average molecular weight is 244 g/mol. The first-order chi connectivity index (χ1) is 7.07. The fourth-order valence-electron chi connectivity index (χ4n) is 1.51. The summed E-state index contributed by atoms with van der Waals surface area (Å²) in [4.78, 5) is 0. The minimum Gasteiger partial charge on any atom is -0.307 e. The van der Waals surface area contributed by atoms with Crippen LogP contribution in [0.5, 0.6) is 0 Å². The monoisotopic (exact) mass is 243 g/mol. The van der Waals surface area contributed by atoms with Crippen molar-refractivity contribution >= 4 is 23.2 Å². The van der Waals surface area contributed by atoms with Crippen LogP contribution >= 0.6 is 23.2 Å². The molecule has 82 valence electrons. The number of hydrogen-bond acceptors (Lipinski definition) is 1. The van der Waals surface area contributed by atoms with Crippen LogP contribution in [-0.4, -0.2) is 6.54 Å². The maximum absolute atomic E-state index is 6.14. The zero-order valence-corrected chi connectivity index (χ0v) is 10.5. The van der Waals surface area contributed by atoms with E-state index in [4.69, 9.17) is 23.2 Å². The quantitative estimate of drug-likeness (QED) is 0.782. The van der Waals surface area contributed by atoms with Crippen molar-refractivity contribution in [2.24, 2.45) is 0 Å². The molecule has 0 saturated carbocycles. The Hall–Kier alpha value is -0.500. The van der Waals surface area contributed by atoms with Crippen LogP contribution in [0.1, 0.15) is 25.5 Å². The van der Waals surface area contributed by atoms with Crippen molar-refractivity contribution in [3.05, 3.63) is 46.0 Å². The Morgan fingerprint density at radius 1 is 1.40 bits per heavy atom. The van der Waals surface area contributed by atoms with Crippen molar-refractivity contribution < 1.29 is 0 Å². The van der Waals surface area contributed by atoms with Crippen molar-refractivity contribution in [2.45, 2.75) is 19.9 Å². The molecule has 1 aromatic rings. The van der Waals surface area contributed by atoms with Gasteiger partial charge in [0.15, 0.2) is 0 Å².